The molecule has 1 amide bonds. The van der Waals surface area contributed by atoms with Crippen molar-refractivity contribution in [3.8, 4) is 17.2 Å². The fraction of sp³-hybridized carbons (Fsp3) is 0.125. The summed E-state index contributed by atoms with van der Waals surface area (Å²) in [5, 5.41) is 24.2. The summed E-state index contributed by atoms with van der Waals surface area (Å²) in [4.78, 5) is 21.8. The van der Waals surface area contributed by atoms with Gasteiger partial charge in [-0.3, -0.25) is 14.9 Å². The van der Waals surface area contributed by atoms with Gasteiger partial charge in [-0.2, -0.15) is 5.10 Å². The molecule has 0 saturated heterocycles. The lowest BCUT2D eigenvalue weighted by molar-refractivity contribution is -0.386. The largest absolute Gasteiger partial charge is 0.500 e. The number of nitro benzene ring substituents is 1. The Morgan fingerprint density at radius 3 is 2.85 bits per heavy atom. The quantitative estimate of drug-likeness (QED) is 0.440. The maximum absolute atomic E-state index is 13.0. The monoisotopic (exact) mass is 363 g/mol. The maximum atomic E-state index is 13.0. The van der Waals surface area contributed by atoms with Crippen molar-refractivity contribution in [2.75, 3.05) is 13.7 Å². The van der Waals surface area contributed by atoms with Crippen LogP contribution in [0.3, 0.4) is 0 Å². The SMILES string of the molecule is COc1cc(/C=N\NC(=O)COc2cccc(F)c2)cc([N+](=O)[O-])c1O. The first-order chi connectivity index (χ1) is 12.4. The number of halogens is 1. The molecular formula is C16H14FN3O6. The second-order valence-electron chi connectivity index (χ2n) is 4.89. The summed E-state index contributed by atoms with van der Waals surface area (Å²) in [5.41, 5.74) is 1.81. The first-order valence-electron chi connectivity index (χ1n) is 7.16. The number of nitrogens with one attached hydrogen (secondary N) is 1. The number of aromatic hydroxyl groups is 1. The zero-order valence-corrected chi connectivity index (χ0v) is 13.5. The van der Waals surface area contributed by atoms with Gasteiger partial charge in [-0.05, 0) is 18.2 Å². The van der Waals surface area contributed by atoms with Crippen LogP contribution in [0.25, 0.3) is 0 Å². The van der Waals surface area contributed by atoms with Gasteiger partial charge in [-0.15, -0.1) is 0 Å². The summed E-state index contributed by atoms with van der Waals surface area (Å²) in [6.07, 6.45) is 1.13. The van der Waals surface area contributed by atoms with Gasteiger partial charge in [0.15, 0.2) is 12.4 Å². The topological polar surface area (TPSA) is 123 Å². The van der Waals surface area contributed by atoms with Gasteiger partial charge in [0.05, 0.1) is 18.2 Å². The highest BCUT2D eigenvalue weighted by Crippen LogP contribution is 2.36. The second kappa shape index (κ2) is 8.42. The third kappa shape index (κ3) is 4.90. The molecule has 0 bridgehead atoms. The number of phenolic OH excluding ortho intramolecular Hbond substituents is 1. The molecule has 26 heavy (non-hydrogen) atoms. The molecule has 0 saturated carbocycles. The highest BCUT2D eigenvalue weighted by atomic mass is 19.1. The number of hydrogen-bond acceptors (Lipinski definition) is 7. The number of rotatable bonds is 7. The van der Waals surface area contributed by atoms with Crippen molar-refractivity contribution >= 4 is 17.8 Å². The van der Waals surface area contributed by atoms with E-state index in [1.54, 1.807) is 0 Å². The average molecular weight is 363 g/mol. The van der Waals surface area contributed by atoms with Crippen LogP contribution >= 0.6 is 0 Å². The molecule has 10 heteroatoms. The second-order valence-corrected chi connectivity index (χ2v) is 4.89. The van der Waals surface area contributed by atoms with E-state index in [-0.39, 0.29) is 17.1 Å². The number of carbonyl (C=O) groups is 1. The molecule has 136 valence electrons. The Hall–Kier alpha value is -3.69. The molecule has 0 fully saturated rings. The van der Waals surface area contributed by atoms with Gasteiger partial charge in [0.2, 0.25) is 5.75 Å². The van der Waals surface area contributed by atoms with Crippen molar-refractivity contribution in [1.29, 1.82) is 0 Å². The number of amides is 1. The predicted molar refractivity (Wildman–Crippen MR) is 88.9 cm³/mol. The van der Waals surface area contributed by atoms with Crippen LogP contribution in [0.2, 0.25) is 0 Å². The number of benzene rings is 2. The summed E-state index contributed by atoms with van der Waals surface area (Å²) in [6, 6.07) is 7.66. The molecule has 0 aliphatic carbocycles. The zero-order chi connectivity index (χ0) is 19.1. The van der Waals surface area contributed by atoms with Gasteiger partial charge in [-0.25, -0.2) is 9.82 Å². The van der Waals surface area contributed by atoms with Crippen LogP contribution in [0.5, 0.6) is 17.2 Å². The minimum absolute atomic E-state index is 0.110. The van der Waals surface area contributed by atoms with Crippen LogP contribution in [0.4, 0.5) is 10.1 Å². The predicted octanol–water partition coefficient (Wildman–Crippen LogP) is 1.98. The number of ether oxygens (including phenoxy) is 2. The van der Waals surface area contributed by atoms with Gasteiger partial charge >= 0.3 is 5.69 Å². The highest BCUT2D eigenvalue weighted by molar-refractivity contribution is 5.85. The standard InChI is InChI=1S/C16H14FN3O6/c1-25-14-6-10(5-13(16(14)22)20(23)24)8-18-19-15(21)9-26-12-4-2-3-11(17)7-12/h2-8,22H,9H2,1H3,(H,19,21)/b18-8-. The fourth-order valence-electron chi connectivity index (χ4n) is 1.90. The lowest BCUT2D eigenvalue weighted by atomic mass is 10.2. The number of nitrogens with zero attached hydrogens (tertiary/aromatic N) is 2. The van der Waals surface area contributed by atoms with E-state index in [9.17, 15) is 24.4 Å². The van der Waals surface area contributed by atoms with Crippen molar-refractivity contribution in [3.63, 3.8) is 0 Å². The molecule has 0 aliphatic heterocycles. The normalized spacial score (nSPS) is 10.5. The van der Waals surface area contributed by atoms with Crippen molar-refractivity contribution in [3.05, 3.63) is 57.9 Å². The molecule has 2 N–H and O–H groups in total. The van der Waals surface area contributed by atoms with E-state index in [1.807, 2.05) is 0 Å². The van der Waals surface area contributed by atoms with Crippen molar-refractivity contribution < 1.29 is 28.7 Å². The van der Waals surface area contributed by atoms with E-state index < -0.39 is 34.7 Å². The van der Waals surface area contributed by atoms with Crippen molar-refractivity contribution in [2.45, 2.75) is 0 Å². The van der Waals surface area contributed by atoms with Crippen LogP contribution in [0.1, 0.15) is 5.56 Å². The Bertz CT molecular complexity index is 856. The van der Waals surface area contributed by atoms with Gasteiger partial charge in [0.1, 0.15) is 11.6 Å². The summed E-state index contributed by atoms with van der Waals surface area (Å²) >= 11 is 0. The minimum Gasteiger partial charge on any atom is -0.500 e. The molecule has 2 aromatic carbocycles. The molecule has 0 aliphatic rings. The smallest absolute Gasteiger partial charge is 0.315 e. The third-order valence-corrected chi connectivity index (χ3v) is 3.06. The van der Waals surface area contributed by atoms with E-state index >= 15 is 0 Å². The molecule has 0 heterocycles. The molecule has 0 radical (unpaired) electrons. The molecule has 0 atom stereocenters. The van der Waals surface area contributed by atoms with E-state index in [1.165, 1.54) is 31.4 Å². The molecule has 9 nitrogen and oxygen atoms in total. The molecule has 0 unspecified atom stereocenters. The summed E-state index contributed by atoms with van der Waals surface area (Å²) in [5.74, 6) is -1.65. The van der Waals surface area contributed by atoms with E-state index in [2.05, 4.69) is 10.5 Å². The van der Waals surface area contributed by atoms with Crippen molar-refractivity contribution in [1.82, 2.24) is 5.43 Å². The van der Waals surface area contributed by atoms with E-state index in [0.717, 1.165) is 18.3 Å². The molecule has 0 aromatic heterocycles. The van der Waals surface area contributed by atoms with Crippen LogP contribution in [0.15, 0.2) is 41.5 Å². The first-order valence-corrected chi connectivity index (χ1v) is 7.16. The van der Waals surface area contributed by atoms with Crippen LogP contribution in [-0.2, 0) is 4.79 Å². The van der Waals surface area contributed by atoms with Gasteiger partial charge < -0.3 is 14.6 Å². The molecular weight excluding hydrogens is 349 g/mol. The van der Waals surface area contributed by atoms with Gasteiger partial charge in [0, 0.05) is 17.7 Å². The highest BCUT2D eigenvalue weighted by Gasteiger charge is 2.19. The van der Waals surface area contributed by atoms with Gasteiger partial charge in [0.25, 0.3) is 5.91 Å². The molecule has 2 aromatic rings. The Balaban J connectivity index is 1.98. The average Bonchev–Trinajstić information content (AvgIpc) is 2.61. The van der Waals surface area contributed by atoms with Crippen LogP contribution < -0.4 is 14.9 Å². The number of hydrogen-bond donors (Lipinski definition) is 2. The number of hydrazone groups is 1. The first kappa shape index (κ1) is 18.6. The van der Waals surface area contributed by atoms with Crippen LogP contribution in [-0.4, -0.2) is 35.9 Å². The summed E-state index contributed by atoms with van der Waals surface area (Å²) in [7, 11) is 1.24. The van der Waals surface area contributed by atoms with Crippen LogP contribution in [0, 0.1) is 15.9 Å². The summed E-state index contributed by atoms with van der Waals surface area (Å²) < 4.78 is 22.9. The fourth-order valence-corrected chi connectivity index (χ4v) is 1.90. The molecule has 2 rings (SSSR count). The van der Waals surface area contributed by atoms with E-state index in [0.29, 0.717) is 0 Å². The Kier molecular flexibility index (Phi) is 6.04. The number of carbonyl (C=O) groups excluding carboxylic acids is 1. The Labute approximate surface area is 146 Å². The number of phenols is 1. The van der Waals surface area contributed by atoms with E-state index in [4.69, 9.17) is 9.47 Å². The van der Waals surface area contributed by atoms with Crippen molar-refractivity contribution in [2.24, 2.45) is 5.10 Å². The maximum Gasteiger partial charge on any atom is 0.315 e. The summed E-state index contributed by atoms with van der Waals surface area (Å²) in [6.45, 7) is -0.403. The number of nitro groups is 1. The zero-order valence-electron chi connectivity index (χ0n) is 13.5. The van der Waals surface area contributed by atoms with Gasteiger partial charge in [-0.1, -0.05) is 6.07 Å². The minimum atomic E-state index is -0.777. The third-order valence-electron chi connectivity index (χ3n) is 3.06. The Morgan fingerprint density at radius 1 is 1.42 bits per heavy atom. The number of methoxy groups -OCH3 is 1. The lowest BCUT2D eigenvalue weighted by Gasteiger charge is -2.06. The lowest BCUT2D eigenvalue weighted by Crippen LogP contribution is -2.24. The Morgan fingerprint density at radius 2 is 2.19 bits per heavy atom. The molecule has 0 spiro atoms.